The van der Waals surface area contributed by atoms with Gasteiger partial charge in [-0.1, -0.05) is 30.3 Å². The summed E-state index contributed by atoms with van der Waals surface area (Å²) in [6.45, 7) is 6.86. The van der Waals surface area contributed by atoms with E-state index in [-0.39, 0.29) is 18.7 Å². The van der Waals surface area contributed by atoms with Gasteiger partial charge in [0.15, 0.2) is 0 Å². The zero-order valence-corrected chi connectivity index (χ0v) is 15.3. The minimum Gasteiger partial charge on any atom is -0.445 e. The predicted molar refractivity (Wildman–Crippen MR) is 95.2 cm³/mol. The number of likely N-dealkylation sites (tertiary alicyclic amines) is 1. The number of alkyl carbamates (subject to hydrolysis) is 1. The SMILES string of the molecule is CC(C)(C)OC(=O)N1CCCC[C@@H](NC(=O)OCc2ccccc2)C1. The number of hydrogen-bond acceptors (Lipinski definition) is 4. The van der Waals surface area contributed by atoms with Crippen LogP contribution in [-0.4, -0.2) is 41.8 Å². The third kappa shape index (κ3) is 7.03. The van der Waals surface area contributed by atoms with Crippen molar-refractivity contribution < 1.29 is 19.1 Å². The Hall–Kier alpha value is -2.24. The molecule has 1 aromatic carbocycles. The molecule has 1 heterocycles. The molecule has 6 heteroatoms. The monoisotopic (exact) mass is 348 g/mol. The van der Waals surface area contributed by atoms with E-state index in [2.05, 4.69) is 5.32 Å². The second kappa shape index (κ2) is 8.74. The number of hydrogen-bond donors (Lipinski definition) is 1. The fourth-order valence-electron chi connectivity index (χ4n) is 2.68. The van der Waals surface area contributed by atoms with Crippen molar-refractivity contribution in [2.75, 3.05) is 13.1 Å². The molecule has 0 aromatic heterocycles. The molecule has 1 N–H and O–H groups in total. The number of carbonyl (C=O) groups is 2. The summed E-state index contributed by atoms with van der Waals surface area (Å²) in [5.41, 5.74) is 0.412. The molecule has 138 valence electrons. The minimum absolute atomic E-state index is 0.127. The van der Waals surface area contributed by atoms with Gasteiger partial charge in [-0.25, -0.2) is 9.59 Å². The Morgan fingerprint density at radius 2 is 1.92 bits per heavy atom. The summed E-state index contributed by atoms with van der Waals surface area (Å²) in [6, 6.07) is 9.41. The molecule has 1 fully saturated rings. The number of rotatable bonds is 3. The summed E-state index contributed by atoms with van der Waals surface area (Å²) in [4.78, 5) is 26.0. The lowest BCUT2D eigenvalue weighted by molar-refractivity contribution is 0.0241. The highest BCUT2D eigenvalue weighted by Crippen LogP contribution is 2.15. The molecule has 0 saturated carbocycles. The summed E-state index contributed by atoms with van der Waals surface area (Å²) in [7, 11) is 0. The summed E-state index contributed by atoms with van der Waals surface area (Å²) in [6.07, 6.45) is 1.87. The summed E-state index contributed by atoms with van der Waals surface area (Å²) >= 11 is 0. The third-order valence-corrected chi connectivity index (χ3v) is 3.86. The first-order valence-electron chi connectivity index (χ1n) is 8.78. The predicted octanol–water partition coefficient (Wildman–Crippen LogP) is 3.70. The quantitative estimate of drug-likeness (QED) is 0.904. The Morgan fingerprint density at radius 3 is 2.60 bits per heavy atom. The van der Waals surface area contributed by atoms with Gasteiger partial charge in [0.2, 0.25) is 0 Å². The van der Waals surface area contributed by atoms with Crippen LogP contribution in [-0.2, 0) is 16.1 Å². The lowest BCUT2D eigenvalue weighted by atomic mass is 10.1. The topological polar surface area (TPSA) is 67.9 Å². The molecule has 1 saturated heterocycles. The van der Waals surface area contributed by atoms with E-state index in [0.29, 0.717) is 13.1 Å². The van der Waals surface area contributed by atoms with E-state index in [1.54, 1.807) is 4.90 Å². The van der Waals surface area contributed by atoms with E-state index in [4.69, 9.17) is 9.47 Å². The molecule has 0 spiro atoms. The molecule has 1 atom stereocenters. The van der Waals surface area contributed by atoms with Crippen LogP contribution in [0.3, 0.4) is 0 Å². The molecule has 2 amide bonds. The fraction of sp³-hybridized carbons (Fsp3) is 0.579. The highest BCUT2D eigenvalue weighted by molar-refractivity contribution is 5.69. The van der Waals surface area contributed by atoms with E-state index in [1.165, 1.54) is 0 Å². The van der Waals surface area contributed by atoms with Crippen molar-refractivity contribution in [1.82, 2.24) is 10.2 Å². The van der Waals surface area contributed by atoms with Gasteiger partial charge in [0, 0.05) is 19.1 Å². The van der Waals surface area contributed by atoms with Gasteiger partial charge >= 0.3 is 12.2 Å². The molecule has 0 unspecified atom stereocenters. The second-order valence-corrected chi connectivity index (χ2v) is 7.33. The van der Waals surface area contributed by atoms with Crippen molar-refractivity contribution in [1.29, 1.82) is 0 Å². The van der Waals surface area contributed by atoms with Crippen LogP contribution in [0.25, 0.3) is 0 Å². The number of nitrogens with zero attached hydrogens (tertiary/aromatic N) is 1. The number of benzene rings is 1. The Labute approximate surface area is 149 Å². The van der Waals surface area contributed by atoms with E-state index >= 15 is 0 Å². The van der Waals surface area contributed by atoms with Crippen LogP contribution in [0.1, 0.15) is 45.6 Å². The van der Waals surface area contributed by atoms with Crippen LogP contribution in [0, 0.1) is 0 Å². The minimum atomic E-state index is -0.527. The highest BCUT2D eigenvalue weighted by Gasteiger charge is 2.27. The second-order valence-electron chi connectivity index (χ2n) is 7.33. The number of nitrogens with one attached hydrogen (secondary N) is 1. The molecule has 0 radical (unpaired) electrons. The normalized spacial score (nSPS) is 18.2. The Kier molecular flexibility index (Phi) is 6.67. The van der Waals surface area contributed by atoms with Crippen LogP contribution >= 0.6 is 0 Å². The maximum atomic E-state index is 12.3. The van der Waals surface area contributed by atoms with Gasteiger partial charge in [0.05, 0.1) is 0 Å². The third-order valence-electron chi connectivity index (χ3n) is 3.86. The Balaban J connectivity index is 1.83. The van der Waals surface area contributed by atoms with Gasteiger partial charge in [-0.05, 0) is 45.6 Å². The first-order valence-corrected chi connectivity index (χ1v) is 8.78. The standard InChI is InChI=1S/C19H28N2O4/c1-19(2,3)25-18(23)21-12-8-7-11-16(13-21)20-17(22)24-14-15-9-5-4-6-10-15/h4-6,9-10,16H,7-8,11-14H2,1-3H3,(H,20,22)/t16-/m1/s1. The van der Waals surface area contributed by atoms with E-state index in [9.17, 15) is 9.59 Å². The lowest BCUT2D eigenvalue weighted by Gasteiger charge is -2.28. The highest BCUT2D eigenvalue weighted by atomic mass is 16.6. The molecule has 1 aromatic rings. The Morgan fingerprint density at radius 1 is 1.20 bits per heavy atom. The molecule has 0 bridgehead atoms. The van der Waals surface area contributed by atoms with E-state index in [1.807, 2.05) is 51.1 Å². The van der Waals surface area contributed by atoms with Gasteiger partial charge in [0.25, 0.3) is 0 Å². The molecule has 2 rings (SSSR count). The van der Waals surface area contributed by atoms with Crippen LogP contribution < -0.4 is 5.32 Å². The maximum Gasteiger partial charge on any atom is 0.410 e. The van der Waals surface area contributed by atoms with Crippen LogP contribution in [0.15, 0.2) is 30.3 Å². The average Bonchev–Trinajstić information content (AvgIpc) is 2.78. The number of ether oxygens (including phenoxy) is 2. The zero-order valence-electron chi connectivity index (χ0n) is 15.3. The number of carbonyl (C=O) groups excluding carboxylic acids is 2. The average molecular weight is 348 g/mol. The van der Waals surface area contributed by atoms with Gasteiger partial charge < -0.3 is 19.7 Å². The smallest absolute Gasteiger partial charge is 0.410 e. The van der Waals surface area contributed by atoms with Crippen LogP contribution in [0.4, 0.5) is 9.59 Å². The molecular weight excluding hydrogens is 320 g/mol. The van der Waals surface area contributed by atoms with Gasteiger partial charge in [-0.2, -0.15) is 0 Å². The number of amides is 2. The van der Waals surface area contributed by atoms with Gasteiger partial charge in [0.1, 0.15) is 12.2 Å². The maximum absolute atomic E-state index is 12.3. The van der Waals surface area contributed by atoms with E-state index in [0.717, 1.165) is 24.8 Å². The fourth-order valence-corrected chi connectivity index (χ4v) is 2.68. The van der Waals surface area contributed by atoms with Gasteiger partial charge in [-0.3, -0.25) is 0 Å². The van der Waals surface area contributed by atoms with Gasteiger partial charge in [-0.15, -0.1) is 0 Å². The van der Waals surface area contributed by atoms with Crippen molar-refractivity contribution in [2.45, 2.75) is 58.3 Å². The molecule has 0 aliphatic carbocycles. The molecule has 1 aliphatic rings. The van der Waals surface area contributed by atoms with Crippen molar-refractivity contribution in [3.63, 3.8) is 0 Å². The molecule has 1 aliphatic heterocycles. The zero-order chi connectivity index (χ0) is 18.3. The first-order chi connectivity index (χ1) is 11.8. The van der Waals surface area contributed by atoms with E-state index < -0.39 is 11.7 Å². The molecule has 25 heavy (non-hydrogen) atoms. The Bertz CT molecular complexity index is 569. The first kappa shape index (κ1) is 19.1. The largest absolute Gasteiger partial charge is 0.445 e. The van der Waals surface area contributed by atoms with Crippen molar-refractivity contribution in [3.8, 4) is 0 Å². The van der Waals surface area contributed by atoms with Crippen LogP contribution in [0.2, 0.25) is 0 Å². The summed E-state index contributed by atoms with van der Waals surface area (Å²) < 4.78 is 10.7. The molecular formula is C19H28N2O4. The summed E-state index contributed by atoms with van der Waals surface area (Å²) in [5.74, 6) is 0. The molecule has 6 nitrogen and oxygen atoms in total. The summed E-state index contributed by atoms with van der Waals surface area (Å²) in [5, 5.41) is 2.87. The lowest BCUT2D eigenvalue weighted by Crippen LogP contribution is -2.46. The van der Waals surface area contributed by atoms with Crippen LogP contribution in [0.5, 0.6) is 0 Å². The van der Waals surface area contributed by atoms with Crippen molar-refractivity contribution in [3.05, 3.63) is 35.9 Å². The van der Waals surface area contributed by atoms with Crippen molar-refractivity contribution in [2.24, 2.45) is 0 Å². The van der Waals surface area contributed by atoms with Crippen molar-refractivity contribution >= 4 is 12.2 Å².